The number of fused-ring (bicyclic) bond motifs is 1. The first-order valence-electron chi connectivity index (χ1n) is 11.4. The number of nitrogens with one attached hydrogen (secondary N) is 1. The van der Waals surface area contributed by atoms with Crippen molar-refractivity contribution in [1.82, 2.24) is 4.31 Å². The van der Waals surface area contributed by atoms with Crippen molar-refractivity contribution < 1.29 is 26.4 Å². The minimum Gasteiger partial charge on any atom is -0.478 e. The molecule has 1 unspecified atom stereocenters. The summed E-state index contributed by atoms with van der Waals surface area (Å²) in [4.78, 5) is 13.1. The van der Waals surface area contributed by atoms with Gasteiger partial charge in [-0.1, -0.05) is 24.4 Å². The van der Waals surface area contributed by atoms with E-state index >= 15 is 0 Å². The van der Waals surface area contributed by atoms with E-state index in [4.69, 9.17) is 16.3 Å². The molecule has 0 aliphatic carbocycles. The number of anilines is 2. The molecule has 2 heterocycles. The van der Waals surface area contributed by atoms with Crippen LogP contribution >= 0.6 is 11.6 Å². The van der Waals surface area contributed by atoms with Crippen LogP contribution in [-0.4, -0.2) is 59.0 Å². The van der Waals surface area contributed by atoms with Gasteiger partial charge in [-0.3, -0.25) is 9.10 Å². The number of rotatable bonds is 5. The summed E-state index contributed by atoms with van der Waals surface area (Å²) in [6, 6.07) is 10.6. The first-order valence-corrected chi connectivity index (χ1v) is 15.1. The van der Waals surface area contributed by atoms with Crippen LogP contribution in [0.5, 0.6) is 5.75 Å². The highest BCUT2D eigenvalue weighted by Crippen LogP contribution is 2.36. The van der Waals surface area contributed by atoms with E-state index < -0.39 is 32.1 Å². The number of nitrogens with zero attached hydrogens (tertiary/aromatic N) is 2. The molecule has 1 fully saturated rings. The summed E-state index contributed by atoms with van der Waals surface area (Å²) in [5, 5.41) is 3.08. The Morgan fingerprint density at radius 1 is 0.971 bits per heavy atom. The molecule has 190 valence electrons. The molecule has 0 spiro atoms. The number of halogens is 1. The van der Waals surface area contributed by atoms with Gasteiger partial charge in [0.2, 0.25) is 20.0 Å². The normalized spacial score (nSPS) is 19.7. The Bertz CT molecular complexity index is 1290. The van der Waals surface area contributed by atoms with E-state index in [1.165, 1.54) is 45.0 Å². The number of benzene rings is 2. The minimum atomic E-state index is -3.62. The maximum absolute atomic E-state index is 13.0. The van der Waals surface area contributed by atoms with Crippen LogP contribution in [0.3, 0.4) is 0 Å². The molecule has 2 aromatic rings. The van der Waals surface area contributed by atoms with Crippen molar-refractivity contribution >= 4 is 48.9 Å². The lowest BCUT2D eigenvalue weighted by Crippen LogP contribution is -2.36. The second kappa shape index (κ2) is 10.3. The van der Waals surface area contributed by atoms with Gasteiger partial charge in [0.25, 0.3) is 5.91 Å². The highest BCUT2D eigenvalue weighted by atomic mass is 35.5. The molecule has 2 aliphatic heterocycles. The molecule has 1 amide bonds. The van der Waals surface area contributed by atoms with Crippen molar-refractivity contribution in [2.45, 2.75) is 43.1 Å². The van der Waals surface area contributed by atoms with Gasteiger partial charge in [0.15, 0.2) is 6.10 Å². The van der Waals surface area contributed by atoms with Gasteiger partial charge < -0.3 is 10.1 Å². The molecular formula is C23H28ClN3O6S2. The molecule has 9 nitrogen and oxygen atoms in total. The number of hydrogen-bond acceptors (Lipinski definition) is 6. The average molecular weight is 542 g/mol. The highest BCUT2D eigenvalue weighted by molar-refractivity contribution is 7.92. The van der Waals surface area contributed by atoms with Crippen molar-refractivity contribution in [2.24, 2.45) is 0 Å². The summed E-state index contributed by atoms with van der Waals surface area (Å²) in [6.07, 6.45) is 4.00. The third kappa shape index (κ3) is 5.91. The Balaban J connectivity index is 1.48. The maximum Gasteiger partial charge on any atom is 0.265 e. The third-order valence-corrected chi connectivity index (χ3v) is 9.40. The van der Waals surface area contributed by atoms with Crippen molar-refractivity contribution in [2.75, 3.05) is 35.5 Å². The molecule has 0 aromatic heterocycles. The van der Waals surface area contributed by atoms with E-state index in [0.717, 1.165) is 31.9 Å². The Morgan fingerprint density at radius 2 is 1.63 bits per heavy atom. The largest absolute Gasteiger partial charge is 0.478 e. The van der Waals surface area contributed by atoms with Gasteiger partial charge in [-0.2, -0.15) is 4.31 Å². The highest BCUT2D eigenvalue weighted by Gasteiger charge is 2.32. The van der Waals surface area contributed by atoms with Crippen LogP contribution < -0.4 is 14.4 Å². The van der Waals surface area contributed by atoms with Crippen LogP contribution in [0.25, 0.3) is 0 Å². The fourth-order valence-corrected chi connectivity index (χ4v) is 6.87. The molecule has 0 saturated carbocycles. The summed E-state index contributed by atoms with van der Waals surface area (Å²) in [5.74, 6) is -0.235. The fraction of sp³-hybridized carbons (Fsp3) is 0.435. The number of carbonyl (C=O) groups excluding carboxylic acids is 1. The Morgan fingerprint density at radius 3 is 2.26 bits per heavy atom. The molecule has 1 atom stereocenters. The lowest BCUT2D eigenvalue weighted by atomic mass is 10.2. The molecule has 0 radical (unpaired) electrons. The van der Waals surface area contributed by atoms with E-state index in [2.05, 4.69) is 5.32 Å². The standard InChI is InChI=1S/C23H28ClN3O6S2/c1-34(29,30)27-15-12-22(33-21-11-6-17(24)16-20(21)27)23(28)25-18-7-9-19(10-8-18)35(31,32)26-13-4-2-3-5-14-26/h6-11,16,22H,2-5,12-15H2,1H3,(H,25,28). The second-order valence-corrected chi connectivity index (χ2v) is 13.0. The number of sulfonamides is 2. The van der Waals surface area contributed by atoms with Crippen molar-refractivity contribution in [3.63, 3.8) is 0 Å². The fourth-order valence-electron chi connectivity index (χ4n) is 4.25. The first-order chi connectivity index (χ1) is 16.6. The van der Waals surface area contributed by atoms with E-state index in [1.54, 1.807) is 6.07 Å². The van der Waals surface area contributed by atoms with Crippen LogP contribution in [0.15, 0.2) is 47.4 Å². The van der Waals surface area contributed by atoms with E-state index in [1.807, 2.05) is 0 Å². The minimum absolute atomic E-state index is 0.0390. The van der Waals surface area contributed by atoms with Crippen molar-refractivity contribution in [1.29, 1.82) is 0 Å². The molecule has 0 bridgehead atoms. The molecule has 35 heavy (non-hydrogen) atoms. The van der Waals surface area contributed by atoms with Gasteiger partial charge in [-0.05, 0) is 55.3 Å². The summed E-state index contributed by atoms with van der Waals surface area (Å²) < 4.78 is 59.1. The van der Waals surface area contributed by atoms with Crippen LogP contribution in [-0.2, 0) is 24.8 Å². The third-order valence-electron chi connectivity index (χ3n) is 6.07. The summed E-state index contributed by atoms with van der Waals surface area (Å²) >= 11 is 6.05. The van der Waals surface area contributed by atoms with Gasteiger partial charge in [0.05, 0.1) is 16.8 Å². The lowest BCUT2D eigenvalue weighted by Gasteiger charge is -2.21. The number of carbonyl (C=O) groups is 1. The quantitative estimate of drug-likeness (QED) is 0.620. The summed E-state index contributed by atoms with van der Waals surface area (Å²) in [5.41, 5.74) is 0.687. The average Bonchev–Trinajstić information content (AvgIpc) is 3.19. The van der Waals surface area contributed by atoms with Crippen molar-refractivity contribution in [3.05, 3.63) is 47.5 Å². The van der Waals surface area contributed by atoms with Gasteiger partial charge in [0, 0.05) is 36.8 Å². The molecule has 4 rings (SSSR count). The Labute approximate surface area is 211 Å². The molecular weight excluding hydrogens is 514 g/mol. The molecule has 2 aromatic carbocycles. The Kier molecular flexibility index (Phi) is 7.60. The van der Waals surface area contributed by atoms with Crippen molar-refractivity contribution in [3.8, 4) is 5.75 Å². The number of amides is 1. The van der Waals surface area contributed by atoms with E-state index in [-0.39, 0.29) is 29.3 Å². The number of ether oxygens (including phenoxy) is 1. The zero-order chi connectivity index (χ0) is 25.2. The predicted molar refractivity (Wildman–Crippen MR) is 135 cm³/mol. The van der Waals surface area contributed by atoms with E-state index in [9.17, 15) is 21.6 Å². The smallest absolute Gasteiger partial charge is 0.265 e. The first kappa shape index (κ1) is 25.7. The monoisotopic (exact) mass is 541 g/mol. The molecule has 12 heteroatoms. The Hall–Kier alpha value is -2.34. The van der Waals surface area contributed by atoms with Crippen LogP contribution in [0.1, 0.15) is 32.1 Å². The van der Waals surface area contributed by atoms with Gasteiger partial charge >= 0.3 is 0 Å². The SMILES string of the molecule is CS(=O)(=O)N1CCC(C(=O)Nc2ccc(S(=O)(=O)N3CCCCCC3)cc2)Oc2ccc(Cl)cc21. The maximum atomic E-state index is 13.0. The van der Waals surface area contributed by atoms with Gasteiger partial charge in [0.1, 0.15) is 5.75 Å². The topological polar surface area (TPSA) is 113 Å². The van der Waals surface area contributed by atoms with E-state index in [0.29, 0.717) is 23.8 Å². The second-order valence-electron chi connectivity index (χ2n) is 8.67. The lowest BCUT2D eigenvalue weighted by molar-refractivity contribution is -0.122. The molecule has 1 saturated heterocycles. The summed E-state index contributed by atoms with van der Waals surface area (Å²) in [6.45, 7) is 1.06. The zero-order valence-electron chi connectivity index (χ0n) is 19.3. The summed E-state index contributed by atoms with van der Waals surface area (Å²) in [7, 11) is -7.21. The van der Waals surface area contributed by atoms with Crippen LogP contribution in [0.2, 0.25) is 5.02 Å². The van der Waals surface area contributed by atoms with Gasteiger partial charge in [-0.25, -0.2) is 16.8 Å². The zero-order valence-corrected chi connectivity index (χ0v) is 21.7. The van der Waals surface area contributed by atoms with Crippen LogP contribution in [0, 0.1) is 0 Å². The van der Waals surface area contributed by atoms with Crippen LogP contribution in [0.4, 0.5) is 11.4 Å². The molecule has 1 N–H and O–H groups in total. The number of hydrogen-bond donors (Lipinski definition) is 1. The predicted octanol–water partition coefficient (Wildman–Crippen LogP) is 3.46. The van der Waals surface area contributed by atoms with Gasteiger partial charge in [-0.15, -0.1) is 0 Å². The molecule has 2 aliphatic rings.